The molecule has 2 N–H and O–H groups in total. The average molecular weight is 370 g/mol. The molecule has 27 heavy (non-hydrogen) atoms. The summed E-state index contributed by atoms with van der Waals surface area (Å²) in [5.41, 5.74) is 0.383. The lowest BCUT2D eigenvalue weighted by Crippen LogP contribution is -2.45. The number of nitrogens with one attached hydrogen (secondary N) is 2. The Bertz CT molecular complexity index is 745. The summed E-state index contributed by atoms with van der Waals surface area (Å²) < 4.78 is 0. The highest BCUT2D eigenvalue weighted by Gasteiger charge is 2.39. The van der Waals surface area contributed by atoms with E-state index in [2.05, 4.69) is 25.2 Å². The lowest BCUT2D eigenvalue weighted by molar-refractivity contribution is -0.135. The molecule has 0 unspecified atom stereocenters. The van der Waals surface area contributed by atoms with Crippen LogP contribution < -0.4 is 5.32 Å². The summed E-state index contributed by atoms with van der Waals surface area (Å²) in [4.78, 5) is 40.8. The first kappa shape index (κ1) is 19.0. The molecule has 8 heteroatoms. The molecule has 2 aromatic heterocycles. The molecule has 0 bridgehead atoms. The van der Waals surface area contributed by atoms with E-state index in [0.717, 1.165) is 5.82 Å². The van der Waals surface area contributed by atoms with Crippen molar-refractivity contribution in [3.63, 3.8) is 0 Å². The zero-order chi connectivity index (χ0) is 19.2. The van der Waals surface area contributed by atoms with Gasteiger partial charge in [-0.2, -0.15) is 0 Å². The van der Waals surface area contributed by atoms with Crippen LogP contribution in [-0.4, -0.2) is 68.3 Å². The SMILES string of the molecule is CCN(CC)C(=O)[C@@H]1C[C@@H](NC(=O)c2ccccn2)CN1Cc1ncc[nH]1. The van der Waals surface area contributed by atoms with E-state index in [0.29, 0.717) is 38.3 Å². The van der Waals surface area contributed by atoms with Gasteiger partial charge in [0.15, 0.2) is 0 Å². The van der Waals surface area contributed by atoms with E-state index in [9.17, 15) is 9.59 Å². The van der Waals surface area contributed by atoms with Crippen molar-refractivity contribution in [3.05, 3.63) is 48.3 Å². The second kappa shape index (κ2) is 8.77. The standard InChI is InChI=1S/C19H26N6O2/c1-3-24(4-2)19(27)16-11-14(12-25(16)13-17-21-9-10-22-17)23-18(26)15-7-5-6-8-20-15/h5-10,14,16H,3-4,11-13H2,1-2H3,(H,21,22)(H,23,26)/t14-,16+/m1/s1. The minimum Gasteiger partial charge on any atom is -0.348 e. The van der Waals surface area contributed by atoms with Crippen LogP contribution in [0.3, 0.4) is 0 Å². The topological polar surface area (TPSA) is 94.2 Å². The fourth-order valence-corrected chi connectivity index (χ4v) is 3.52. The van der Waals surface area contributed by atoms with Gasteiger partial charge < -0.3 is 15.2 Å². The van der Waals surface area contributed by atoms with Gasteiger partial charge in [0, 0.05) is 44.3 Å². The molecule has 0 aliphatic carbocycles. The molecule has 2 aromatic rings. The maximum atomic E-state index is 13.0. The number of hydrogen-bond donors (Lipinski definition) is 2. The van der Waals surface area contributed by atoms with Gasteiger partial charge in [0.25, 0.3) is 5.91 Å². The number of nitrogens with zero attached hydrogens (tertiary/aromatic N) is 4. The lowest BCUT2D eigenvalue weighted by atomic mass is 10.1. The van der Waals surface area contributed by atoms with Crippen molar-refractivity contribution < 1.29 is 9.59 Å². The molecule has 2 amide bonds. The third-order valence-electron chi connectivity index (χ3n) is 4.90. The monoisotopic (exact) mass is 370 g/mol. The van der Waals surface area contributed by atoms with Gasteiger partial charge in [-0.05, 0) is 32.4 Å². The van der Waals surface area contributed by atoms with Crippen molar-refractivity contribution in [3.8, 4) is 0 Å². The Labute approximate surface area is 159 Å². The maximum absolute atomic E-state index is 13.0. The molecule has 1 aliphatic heterocycles. The molecule has 0 saturated carbocycles. The smallest absolute Gasteiger partial charge is 0.270 e. The Morgan fingerprint density at radius 2 is 2.07 bits per heavy atom. The fourth-order valence-electron chi connectivity index (χ4n) is 3.52. The number of likely N-dealkylation sites (N-methyl/N-ethyl adjacent to an activating group) is 1. The third kappa shape index (κ3) is 4.51. The van der Waals surface area contributed by atoms with Crippen molar-refractivity contribution >= 4 is 11.8 Å². The van der Waals surface area contributed by atoms with E-state index in [4.69, 9.17) is 0 Å². The molecule has 144 valence electrons. The minimum atomic E-state index is -0.274. The molecule has 1 saturated heterocycles. The van der Waals surface area contributed by atoms with Gasteiger partial charge in [0.1, 0.15) is 11.5 Å². The maximum Gasteiger partial charge on any atom is 0.270 e. The van der Waals surface area contributed by atoms with Crippen LogP contribution in [0.5, 0.6) is 0 Å². The lowest BCUT2D eigenvalue weighted by Gasteiger charge is -2.28. The molecular formula is C19H26N6O2. The number of likely N-dealkylation sites (tertiary alicyclic amines) is 1. The van der Waals surface area contributed by atoms with Gasteiger partial charge in [-0.25, -0.2) is 4.98 Å². The Morgan fingerprint density at radius 1 is 1.26 bits per heavy atom. The highest BCUT2D eigenvalue weighted by atomic mass is 16.2. The Morgan fingerprint density at radius 3 is 2.70 bits per heavy atom. The van der Waals surface area contributed by atoms with Crippen LogP contribution in [-0.2, 0) is 11.3 Å². The summed E-state index contributed by atoms with van der Waals surface area (Å²) in [7, 11) is 0. The molecule has 3 rings (SSSR count). The predicted octanol–water partition coefficient (Wildman–Crippen LogP) is 1.05. The normalized spacial score (nSPS) is 19.8. The summed E-state index contributed by atoms with van der Waals surface area (Å²) >= 11 is 0. The van der Waals surface area contributed by atoms with Crippen molar-refractivity contribution in [1.82, 2.24) is 30.1 Å². The number of aromatic nitrogens is 3. The van der Waals surface area contributed by atoms with Crippen molar-refractivity contribution in [2.75, 3.05) is 19.6 Å². The summed E-state index contributed by atoms with van der Waals surface area (Å²) in [5.74, 6) is 0.694. The summed E-state index contributed by atoms with van der Waals surface area (Å²) in [6, 6.07) is 4.86. The van der Waals surface area contributed by atoms with E-state index in [-0.39, 0.29) is 23.9 Å². The Kier molecular flexibility index (Phi) is 6.18. The number of pyridine rings is 1. The Balaban J connectivity index is 1.72. The number of amides is 2. The largest absolute Gasteiger partial charge is 0.348 e. The third-order valence-corrected chi connectivity index (χ3v) is 4.90. The van der Waals surface area contributed by atoms with E-state index >= 15 is 0 Å². The van der Waals surface area contributed by atoms with Crippen LogP contribution in [0.15, 0.2) is 36.8 Å². The molecule has 0 aromatic carbocycles. The van der Waals surface area contributed by atoms with Gasteiger partial charge in [-0.15, -0.1) is 0 Å². The van der Waals surface area contributed by atoms with Crippen molar-refractivity contribution in [1.29, 1.82) is 0 Å². The van der Waals surface area contributed by atoms with Crippen LogP contribution in [0.4, 0.5) is 0 Å². The number of carbonyl (C=O) groups is 2. The number of carbonyl (C=O) groups excluding carboxylic acids is 2. The fraction of sp³-hybridized carbons (Fsp3) is 0.474. The van der Waals surface area contributed by atoms with Gasteiger partial charge in [0.05, 0.1) is 12.6 Å². The highest BCUT2D eigenvalue weighted by molar-refractivity contribution is 5.92. The quantitative estimate of drug-likeness (QED) is 0.760. The predicted molar refractivity (Wildman–Crippen MR) is 101 cm³/mol. The highest BCUT2D eigenvalue weighted by Crippen LogP contribution is 2.22. The van der Waals surface area contributed by atoms with Gasteiger partial charge in [-0.1, -0.05) is 6.07 Å². The van der Waals surface area contributed by atoms with Gasteiger partial charge in [-0.3, -0.25) is 19.5 Å². The molecule has 0 radical (unpaired) electrons. The van der Waals surface area contributed by atoms with E-state index in [1.807, 2.05) is 18.7 Å². The number of imidazole rings is 1. The number of rotatable bonds is 7. The first-order valence-electron chi connectivity index (χ1n) is 9.35. The summed E-state index contributed by atoms with van der Waals surface area (Å²) in [6.07, 6.45) is 5.65. The zero-order valence-corrected chi connectivity index (χ0v) is 15.8. The van der Waals surface area contributed by atoms with E-state index in [1.165, 1.54) is 0 Å². The molecule has 1 aliphatic rings. The molecule has 0 spiro atoms. The van der Waals surface area contributed by atoms with E-state index < -0.39 is 0 Å². The zero-order valence-electron chi connectivity index (χ0n) is 15.8. The van der Waals surface area contributed by atoms with Crippen LogP contribution in [0.1, 0.15) is 36.6 Å². The van der Waals surface area contributed by atoms with Crippen LogP contribution in [0.25, 0.3) is 0 Å². The molecule has 3 heterocycles. The van der Waals surface area contributed by atoms with Crippen molar-refractivity contribution in [2.45, 2.75) is 38.9 Å². The number of aromatic amines is 1. The summed E-state index contributed by atoms with van der Waals surface area (Å²) in [6.45, 7) is 6.44. The first-order chi connectivity index (χ1) is 13.1. The second-order valence-corrected chi connectivity index (χ2v) is 6.61. The molecule has 2 atom stereocenters. The second-order valence-electron chi connectivity index (χ2n) is 6.61. The first-order valence-corrected chi connectivity index (χ1v) is 9.35. The number of H-pyrrole nitrogens is 1. The average Bonchev–Trinajstić information content (AvgIpc) is 3.33. The summed E-state index contributed by atoms with van der Waals surface area (Å²) in [5, 5.41) is 3.02. The van der Waals surface area contributed by atoms with Crippen molar-refractivity contribution in [2.24, 2.45) is 0 Å². The van der Waals surface area contributed by atoms with Crippen LogP contribution >= 0.6 is 0 Å². The van der Waals surface area contributed by atoms with Crippen LogP contribution in [0, 0.1) is 0 Å². The Hall–Kier alpha value is -2.74. The molecule has 8 nitrogen and oxygen atoms in total. The van der Waals surface area contributed by atoms with E-state index in [1.54, 1.807) is 36.8 Å². The number of hydrogen-bond acceptors (Lipinski definition) is 5. The van der Waals surface area contributed by atoms with Gasteiger partial charge in [0.2, 0.25) is 5.91 Å². The minimum absolute atomic E-state index is 0.0983. The molecular weight excluding hydrogens is 344 g/mol. The molecule has 1 fully saturated rings. The van der Waals surface area contributed by atoms with Crippen LogP contribution in [0.2, 0.25) is 0 Å². The van der Waals surface area contributed by atoms with Gasteiger partial charge >= 0.3 is 0 Å².